The van der Waals surface area contributed by atoms with E-state index >= 15 is 0 Å². The summed E-state index contributed by atoms with van der Waals surface area (Å²) in [5, 5.41) is 4.69. The lowest BCUT2D eigenvalue weighted by atomic mass is 10.0. The predicted octanol–water partition coefficient (Wildman–Crippen LogP) is 5.38. The summed E-state index contributed by atoms with van der Waals surface area (Å²) in [5.41, 5.74) is 2.84. The van der Waals surface area contributed by atoms with Crippen LogP contribution in [0, 0.1) is 17.8 Å². The average Bonchev–Trinajstić information content (AvgIpc) is 3.68. The molecule has 2 N–H and O–H groups in total. The topological polar surface area (TPSA) is 87.3 Å². The summed E-state index contributed by atoms with van der Waals surface area (Å²) in [6.07, 6.45) is 2.90. The van der Waals surface area contributed by atoms with Crippen LogP contribution >= 0.6 is 11.3 Å². The minimum atomic E-state index is -0.648. The quantitative estimate of drug-likeness (QED) is 0.361. The highest BCUT2D eigenvalue weighted by Crippen LogP contribution is 2.32. The van der Waals surface area contributed by atoms with Gasteiger partial charge < -0.3 is 19.9 Å². The van der Waals surface area contributed by atoms with Gasteiger partial charge >= 0.3 is 6.09 Å². The van der Waals surface area contributed by atoms with Gasteiger partial charge in [-0.15, -0.1) is 24.5 Å². The predicted molar refractivity (Wildman–Crippen MR) is 143 cm³/mol. The van der Waals surface area contributed by atoms with Crippen molar-refractivity contribution in [3.63, 3.8) is 0 Å². The number of imidazole rings is 1. The van der Waals surface area contributed by atoms with Gasteiger partial charge in [0.2, 0.25) is 5.91 Å². The van der Waals surface area contributed by atoms with E-state index in [4.69, 9.17) is 4.74 Å². The van der Waals surface area contributed by atoms with Crippen LogP contribution in [-0.2, 0) is 9.53 Å². The number of benzene rings is 1. The molecule has 2 aromatic heterocycles. The fourth-order valence-corrected chi connectivity index (χ4v) is 4.63. The first-order valence-electron chi connectivity index (χ1n) is 11.8. The number of hydrogen-bond donors (Lipinski definition) is 2. The Hall–Kier alpha value is -3.83. The van der Waals surface area contributed by atoms with Crippen LogP contribution in [0.5, 0.6) is 0 Å². The van der Waals surface area contributed by atoms with Crippen LogP contribution in [0.3, 0.4) is 0 Å². The summed E-state index contributed by atoms with van der Waals surface area (Å²) in [6, 6.07) is 11.2. The number of carbonyl (C=O) groups excluding carboxylic acids is 2. The third kappa shape index (κ3) is 6.43. The van der Waals surface area contributed by atoms with E-state index in [0.29, 0.717) is 6.54 Å². The molecule has 7 nitrogen and oxygen atoms in total. The van der Waals surface area contributed by atoms with E-state index in [1.165, 1.54) is 7.11 Å². The minimum Gasteiger partial charge on any atom is -0.453 e. The molecule has 1 saturated heterocycles. The van der Waals surface area contributed by atoms with Crippen LogP contribution in [0.1, 0.15) is 49.0 Å². The van der Waals surface area contributed by atoms with E-state index in [1.54, 1.807) is 17.5 Å². The van der Waals surface area contributed by atoms with Gasteiger partial charge in [0.25, 0.3) is 0 Å². The summed E-state index contributed by atoms with van der Waals surface area (Å²) >= 11 is 1.62. The van der Waals surface area contributed by atoms with Gasteiger partial charge in [-0.2, -0.15) is 0 Å². The lowest BCUT2D eigenvalue weighted by molar-refractivity contribution is -0.135. The van der Waals surface area contributed by atoms with E-state index in [2.05, 4.69) is 40.3 Å². The molecule has 4 rings (SSSR count). The van der Waals surface area contributed by atoms with Gasteiger partial charge in [0.1, 0.15) is 11.9 Å². The normalized spacial score (nSPS) is 15.3. The summed E-state index contributed by atoms with van der Waals surface area (Å²) in [5.74, 6) is 6.92. The molecule has 0 radical (unpaired) electrons. The number of alkyl carbamates (subject to hydrolysis) is 1. The van der Waals surface area contributed by atoms with Crippen molar-refractivity contribution in [2.45, 2.75) is 38.8 Å². The summed E-state index contributed by atoms with van der Waals surface area (Å²) in [4.78, 5) is 35.9. The van der Waals surface area contributed by atoms with Crippen molar-refractivity contribution in [3.8, 4) is 23.1 Å². The Morgan fingerprint density at radius 3 is 2.61 bits per heavy atom. The van der Waals surface area contributed by atoms with Gasteiger partial charge in [-0.25, -0.2) is 9.78 Å². The highest BCUT2D eigenvalue weighted by molar-refractivity contribution is 7.10. The van der Waals surface area contributed by atoms with Crippen LogP contribution in [-0.4, -0.2) is 46.6 Å². The van der Waals surface area contributed by atoms with Crippen LogP contribution in [0.15, 0.2) is 61.1 Å². The van der Waals surface area contributed by atoms with Gasteiger partial charge in [0.05, 0.1) is 29.9 Å². The first kappa shape index (κ1) is 26.8. The number of H-pyrrole nitrogens is 1. The second-order valence-electron chi connectivity index (χ2n) is 8.53. The monoisotopic (exact) mass is 504 g/mol. The molecule has 0 bridgehead atoms. The van der Waals surface area contributed by atoms with Crippen LogP contribution in [0.2, 0.25) is 0 Å². The van der Waals surface area contributed by atoms with Crippen molar-refractivity contribution in [2.75, 3.05) is 13.7 Å². The maximum absolute atomic E-state index is 13.3. The Balaban J connectivity index is 0.00000176. The first-order chi connectivity index (χ1) is 17.5. The number of likely N-dealkylation sites (tertiary alicyclic amines) is 1. The Morgan fingerprint density at radius 2 is 1.97 bits per heavy atom. The molecule has 8 heteroatoms. The maximum atomic E-state index is 13.3. The van der Waals surface area contributed by atoms with Crippen LogP contribution in [0.4, 0.5) is 4.79 Å². The molecule has 0 saturated carbocycles. The molecule has 36 heavy (non-hydrogen) atoms. The molecule has 2 amide bonds. The molecule has 3 heterocycles. The molecule has 2 atom stereocenters. The SMILES string of the molecule is C=C.COC(=O)N[C@H](C(=O)N1CCC[C@H]1c1ncc(-c2ccc(C#Cc3cccs3)cc2)[nH]1)C(C)C. The van der Waals surface area contributed by atoms with Crippen LogP contribution < -0.4 is 5.32 Å². The number of methoxy groups -OCH3 is 1. The molecule has 0 spiro atoms. The number of hydrogen-bond acceptors (Lipinski definition) is 5. The van der Waals surface area contributed by atoms with Crippen molar-refractivity contribution >= 4 is 23.3 Å². The smallest absolute Gasteiger partial charge is 0.407 e. The second-order valence-corrected chi connectivity index (χ2v) is 9.48. The molecular formula is C28H32N4O3S. The lowest BCUT2D eigenvalue weighted by Gasteiger charge is -2.30. The highest BCUT2D eigenvalue weighted by atomic mass is 32.1. The Bertz CT molecular complexity index is 1210. The summed E-state index contributed by atoms with van der Waals surface area (Å²) in [7, 11) is 1.29. The fourth-order valence-electron chi connectivity index (χ4n) is 4.06. The Kier molecular flexibility index (Phi) is 9.48. The standard InChI is InChI=1S/C26H28N4O3S.C2H4/c1-17(2)23(29-26(32)33-3)25(31)30-14-4-7-22(30)24-27-16-21(28-24)19-11-8-18(9-12-19)10-13-20-6-5-15-34-20;1-2/h5-6,8-9,11-12,15-17,22-23H,4,7,14H2,1-3H3,(H,27,28)(H,29,32);1-2H2/t22-,23-;/m0./s1. The van der Waals surface area contributed by atoms with Gasteiger partial charge in [0, 0.05) is 12.1 Å². The van der Waals surface area contributed by atoms with Crippen molar-refractivity contribution in [2.24, 2.45) is 5.92 Å². The minimum absolute atomic E-state index is 0.0681. The zero-order valence-corrected chi connectivity index (χ0v) is 21.7. The average molecular weight is 505 g/mol. The van der Waals surface area contributed by atoms with Gasteiger partial charge in [-0.05, 0) is 47.9 Å². The van der Waals surface area contributed by atoms with Gasteiger partial charge in [0.15, 0.2) is 0 Å². The number of rotatable bonds is 5. The van der Waals surface area contributed by atoms with Crippen molar-refractivity contribution in [1.82, 2.24) is 20.2 Å². The molecule has 0 unspecified atom stereocenters. The number of aromatic nitrogens is 2. The third-order valence-electron chi connectivity index (χ3n) is 5.89. The molecular weight excluding hydrogens is 472 g/mol. The number of thiophene rings is 1. The molecule has 1 aliphatic heterocycles. The number of nitrogens with zero attached hydrogens (tertiary/aromatic N) is 2. The number of carbonyl (C=O) groups is 2. The molecule has 0 aliphatic carbocycles. The van der Waals surface area contributed by atoms with E-state index in [-0.39, 0.29) is 17.9 Å². The summed E-state index contributed by atoms with van der Waals surface area (Å²) in [6.45, 7) is 10.4. The number of nitrogens with one attached hydrogen (secondary N) is 2. The molecule has 1 fully saturated rings. The summed E-state index contributed by atoms with van der Waals surface area (Å²) < 4.78 is 4.70. The van der Waals surface area contributed by atoms with Crippen molar-refractivity contribution < 1.29 is 14.3 Å². The fraction of sp³-hybridized carbons (Fsp3) is 0.321. The maximum Gasteiger partial charge on any atom is 0.407 e. The third-order valence-corrected chi connectivity index (χ3v) is 6.67. The van der Waals surface area contributed by atoms with E-state index < -0.39 is 12.1 Å². The second kappa shape index (κ2) is 12.8. The van der Waals surface area contributed by atoms with E-state index in [0.717, 1.165) is 40.4 Å². The van der Waals surface area contributed by atoms with Crippen molar-refractivity contribution in [1.29, 1.82) is 0 Å². The number of amides is 2. The number of aromatic amines is 1. The van der Waals surface area contributed by atoms with Gasteiger partial charge in [-0.3, -0.25) is 4.79 Å². The largest absolute Gasteiger partial charge is 0.453 e. The molecule has 3 aromatic rings. The highest BCUT2D eigenvalue weighted by Gasteiger charge is 2.37. The molecule has 1 aliphatic rings. The van der Waals surface area contributed by atoms with E-state index in [9.17, 15) is 9.59 Å². The molecule has 188 valence electrons. The zero-order valence-electron chi connectivity index (χ0n) is 20.9. The lowest BCUT2D eigenvalue weighted by Crippen LogP contribution is -2.51. The Morgan fingerprint density at radius 1 is 1.22 bits per heavy atom. The van der Waals surface area contributed by atoms with Gasteiger partial charge in [-0.1, -0.05) is 43.9 Å². The van der Waals surface area contributed by atoms with E-state index in [1.807, 2.05) is 60.5 Å². The molecule has 1 aromatic carbocycles. The van der Waals surface area contributed by atoms with Crippen molar-refractivity contribution in [3.05, 3.63) is 77.4 Å². The van der Waals surface area contributed by atoms with Crippen LogP contribution in [0.25, 0.3) is 11.3 Å². The zero-order chi connectivity index (χ0) is 26.1. The first-order valence-corrected chi connectivity index (χ1v) is 12.7. The Labute approximate surface area is 216 Å². The number of ether oxygens (including phenoxy) is 1.